The SMILES string of the molecule is C.C.C.C.C.C.C.C.C.C.C.C.C.C.C.C.C.C.C.C.C.C.C.C.C.C.C.C.C.C.C.C.C.C.C.C.C.C.C.C.C.C.C.C.C.C.C.C.C.C.C.C.C.C.C.C.C.C.C.C.C.C.C.C.C.C.C.C.C.C.C.C.C.C.C.C.C.C.C.C.C.C.C.C.C.C.C.C.C.C.C.C.C.C.C.C.C.C.C.C.C.C.C.C.C.C.C.C.C.C.C.C. The van der Waals surface area contributed by atoms with E-state index in [1.165, 1.54) is 0 Å². The van der Waals surface area contributed by atoms with Gasteiger partial charge in [0, 0.05) is 0 Å². The molecule has 0 fully saturated rings. The molecule has 0 aromatic carbocycles. The molecular formula is C112H448. The molecular weight excluding hydrogens is 1350 g/mol. The average Bonchev–Trinajstić information content (AvgIpc) is 0. The van der Waals surface area contributed by atoms with Gasteiger partial charge in [-0.2, -0.15) is 0 Å². The Balaban J connectivity index is 0. The van der Waals surface area contributed by atoms with Crippen LogP contribution in [0.15, 0.2) is 0 Å². The quantitative estimate of drug-likeness (QED) is 0.227. The molecule has 0 heteroatoms. The summed E-state index contributed by atoms with van der Waals surface area (Å²) >= 11 is 0. The van der Waals surface area contributed by atoms with E-state index in [4.69, 9.17) is 0 Å². The van der Waals surface area contributed by atoms with Crippen LogP contribution >= 0.6 is 0 Å². The van der Waals surface area contributed by atoms with Crippen LogP contribution in [0.4, 0.5) is 0 Å². The van der Waals surface area contributed by atoms with Crippen LogP contribution in [0.25, 0.3) is 0 Å². The first-order valence-corrected chi connectivity index (χ1v) is 0. The lowest BCUT2D eigenvalue weighted by Crippen LogP contribution is 0.143. The molecule has 0 amide bonds. The standard InChI is InChI=1S/112CH4/h112*1H4. The van der Waals surface area contributed by atoms with E-state index in [1.807, 2.05) is 0 Å². The van der Waals surface area contributed by atoms with Crippen LogP contribution in [0.1, 0.15) is 832 Å². The van der Waals surface area contributed by atoms with Crippen LogP contribution in [0.2, 0.25) is 0 Å². The van der Waals surface area contributed by atoms with Gasteiger partial charge >= 0.3 is 0 Å². The van der Waals surface area contributed by atoms with Gasteiger partial charge in [0.1, 0.15) is 0 Å². The Labute approximate surface area is 827 Å². The molecule has 0 aliphatic rings. The summed E-state index contributed by atoms with van der Waals surface area (Å²) in [5.74, 6) is 0. The summed E-state index contributed by atoms with van der Waals surface area (Å²) < 4.78 is 0. The highest BCUT2D eigenvalue weighted by atomic mass is 12.1. The van der Waals surface area contributed by atoms with E-state index in [0.717, 1.165) is 0 Å². The Morgan fingerprint density at radius 2 is 0.00893 bits per heavy atom. The van der Waals surface area contributed by atoms with Gasteiger partial charge in [-0.05, 0) is 0 Å². The minimum Gasteiger partial charge on any atom is -0.0776 e. The smallest absolute Gasteiger partial charge is 0.0776 e. The first-order valence-electron chi connectivity index (χ1n) is 0. The fourth-order valence-corrected chi connectivity index (χ4v) is 0. The summed E-state index contributed by atoms with van der Waals surface area (Å²) in [6.07, 6.45) is 0. The molecule has 0 spiro atoms. The van der Waals surface area contributed by atoms with Crippen LogP contribution in [0.5, 0.6) is 0 Å². The first kappa shape index (κ1) is 0. The van der Waals surface area contributed by atoms with Crippen molar-refractivity contribution in [2.45, 2.75) is 832 Å². The highest BCUT2D eigenvalue weighted by Crippen LogP contribution is 0.255. The monoisotopic (exact) mass is 1800 g/mol. The Bertz CT molecular complexity index is 0. The van der Waals surface area contributed by atoms with E-state index < -0.39 is 0 Å². The molecule has 0 unspecified atom stereocenters. The predicted octanol–water partition coefficient (Wildman–Crippen LogP) is 71.2. The zero-order valence-corrected chi connectivity index (χ0v) is 0. The van der Waals surface area contributed by atoms with E-state index >= 15 is 0 Å². The van der Waals surface area contributed by atoms with Crippen molar-refractivity contribution in [2.24, 2.45) is 0 Å². The average molecular weight is 1800 g/mol. The second kappa shape index (κ2) is 0. The van der Waals surface area contributed by atoms with Crippen molar-refractivity contribution in [2.75, 3.05) is 0 Å². The van der Waals surface area contributed by atoms with Crippen molar-refractivity contribution in [1.29, 1.82) is 0 Å². The Hall–Kier alpha value is 0. The van der Waals surface area contributed by atoms with E-state index in [0.29, 0.717) is 0 Å². The minimum absolute atomic E-state index is 0. The van der Waals surface area contributed by atoms with Gasteiger partial charge in [0.25, 0.3) is 0 Å². The Morgan fingerprint density at radius 3 is 0.00893 bits per heavy atom. The Kier molecular flexibility index (Phi) is 0. The Morgan fingerprint density at radius 1 is 0.00893 bits per heavy atom. The van der Waals surface area contributed by atoms with Gasteiger partial charge in [0.15, 0.2) is 0 Å². The molecule has 0 radical (unpaired) electrons. The largest absolute Gasteiger partial charge is 0.0776 e. The maximum Gasteiger partial charge on any atom is -0.0776 e. The van der Waals surface area contributed by atoms with Gasteiger partial charge in [0.05, 0.1) is 0 Å². The molecule has 0 N–H and O–H groups in total. The first-order chi connectivity index (χ1) is 0. The van der Waals surface area contributed by atoms with Crippen molar-refractivity contribution in [3.05, 3.63) is 0 Å². The van der Waals surface area contributed by atoms with Gasteiger partial charge in [-0.3, -0.25) is 0 Å². The third kappa shape index (κ3) is 0. The summed E-state index contributed by atoms with van der Waals surface area (Å²) in [5, 5.41) is 0. The van der Waals surface area contributed by atoms with Crippen LogP contribution in [-0.2, 0) is 0 Å². The molecule has 0 saturated carbocycles. The van der Waals surface area contributed by atoms with Crippen LogP contribution in [-0.4, -0.2) is 0 Å². The van der Waals surface area contributed by atoms with Gasteiger partial charge in [0.2, 0.25) is 0 Å². The molecule has 0 heterocycles. The van der Waals surface area contributed by atoms with Crippen molar-refractivity contribution >= 4 is 0 Å². The van der Waals surface area contributed by atoms with E-state index in [1.54, 1.807) is 0 Å². The van der Waals surface area contributed by atoms with Crippen molar-refractivity contribution in [3.8, 4) is 0 Å². The second-order valence-corrected chi connectivity index (χ2v) is 0. The lowest BCUT2D eigenvalue weighted by molar-refractivity contribution is 2.50. The van der Waals surface area contributed by atoms with E-state index in [2.05, 4.69) is 0 Å². The van der Waals surface area contributed by atoms with Gasteiger partial charge in [-0.1, -0.05) is 832 Å². The summed E-state index contributed by atoms with van der Waals surface area (Å²) in [5.41, 5.74) is 0. The molecule has 0 aliphatic heterocycles. The number of hydrogen-bond donors (Lipinski definition) is 0. The zero-order valence-electron chi connectivity index (χ0n) is 0. The van der Waals surface area contributed by atoms with Crippen LogP contribution in [0, 0.1) is 0 Å². The van der Waals surface area contributed by atoms with E-state index in [-0.39, 0.29) is 832 Å². The highest BCUT2D eigenvalue weighted by Gasteiger charge is 0.0334. The maximum absolute atomic E-state index is 0. The van der Waals surface area contributed by atoms with Crippen LogP contribution < -0.4 is 0 Å². The predicted molar refractivity (Wildman–Crippen MR) is 754 cm³/mol. The summed E-state index contributed by atoms with van der Waals surface area (Å²) in [7, 11) is 0. The molecule has 0 aromatic heterocycles. The van der Waals surface area contributed by atoms with Gasteiger partial charge in [-0.25, -0.2) is 0 Å². The normalized spacial score (nSPS) is 0. The molecule has 0 aliphatic carbocycles. The molecule has 112 heavy (non-hydrogen) atoms. The zero-order chi connectivity index (χ0) is 0. The molecule has 0 atom stereocenters. The molecule has 896 valence electrons. The fourth-order valence-electron chi connectivity index (χ4n) is 0. The van der Waals surface area contributed by atoms with E-state index in [9.17, 15) is 0 Å². The molecule has 0 bridgehead atoms. The lowest BCUT2D eigenvalue weighted by atomic mass is 12.0. The third-order valence-electron chi connectivity index (χ3n) is 0. The van der Waals surface area contributed by atoms with Gasteiger partial charge in [-0.15, -0.1) is 0 Å². The molecule has 0 rings (SSSR count). The minimum atomic E-state index is 0. The summed E-state index contributed by atoms with van der Waals surface area (Å²) in [6, 6.07) is 0. The maximum atomic E-state index is 0. The van der Waals surface area contributed by atoms with Crippen molar-refractivity contribution in [3.63, 3.8) is 0 Å². The lowest BCUT2D eigenvalue weighted by Gasteiger charge is -0.0786. The molecule has 0 saturated heterocycles. The summed E-state index contributed by atoms with van der Waals surface area (Å²) in [4.78, 5) is 0. The number of hydrogen-bond acceptors (Lipinski definition) is 0. The second-order valence-electron chi connectivity index (χ2n) is 0. The molecule has 0 aromatic rings. The third-order valence-corrected chi connectivity index (χ3v) is 0. The van der Waals surface area contributed by atoms with Crippen molar-refractivity contribution in [1.82, 2.24) is 0 Å². The van der Waals surface area contributed by atoms with Crippen LogP contribution in [0.3, 0.4) is 0 Å². The van der Waals surface area contributed by atoms with Gasteiger partial charge < -0.3 is 0 Å². The number of rotatable bonds is 0. The topological polar surface area (TPSA) is 0 Å². The fraction of sp³-hybridized carbons (Fsp3) is 1.00. The van der Waals surface area contributed by atoms with Crippen molar-refractivity contribution < 1.29 is 0 Å². The summed E-state index contributed by atoms with van der Waals surface area (Å²) in [6.45, 7) is 0. The highest BCUT2D eigenvalue weighted by molar-refractivity contribution is 2.61. The molecule has 0 nitrogen and oxygen atoms in total.